The maximum absolute atomic E-state index is 12.3. The number of phenolic OH excluding ortho intramolecular Hbond substituents is 1. The van der Waals surface area contributed by atoms with Gasteiger partial charge in [-0.3, -0.25) is 0 Å². The molecule has 1 heterocycles. The van der Waals surface area contributed by atoms with Gasteiger partial charge in [-0.25, -0.2) is 4.79 Å². The zero-order valence-electron chi connectivity index (χ0n) is 14.1. The molecule has 1 aromatic heterocycles. The van der Waals surface area contributed by atoms with E-state index >= 15 is 0 Å². The van der Waals surface area contributed by atoms with Gasteiger partial charge in [0.1, 0.15) is 18.1 Å². The minimum atomic E-state index is -0.301. The molecule has 0 saturated heterocycles. The van der Waals surface area contributed by atoms with Crippen LogP contribution in [0.1, 0.15) is 29.9 Å². The molecular weight excluding hydrogens is 400 g/mol. The summed E-state index contributed by atoms with van der Waals surface area (Å²) >= 11 is 3.39. The number of benzene rings is 2. The number of phenols is 1. The van der Waals surface area contributed by atoms with E-state index in [2.05, 4.69) is 32.4 Å². The van der Waals surface area contributed by atoms with Gasteiger partial charge in [0.05, 0.1) is 10.2 Å². The van der Waals surface area contributed by atoms with E-state index in [-0.39, 0.29) is 18.0 Å². The Morgan fingerprint density at radius 3 is 2.73 bits per heavy atom. The summed E-state index contributed by atoms with van der Waals surface area (Å²) in [5, 5.41) is 17.3. The van der Waals surface area contributed by atoms with Gasteiger partial charge in [-0.15, -0.1) is 0 Å². The highest BCUT2D eigenvalue weighted by Crippen LogP contribution is 2.43. The van der Waals surface area contributed by atoms with Crippen molar-refractivity contribution in [3.05, 3.63) is 62.5 Å². The molecule has 3 aromatic rings. The molecule has 1 aliphatic carbocycles. The van der Waals surface area contributed by atoms with Crippen LogP contribution >= 0.6 is 15.9 Å². The predicted molar refractivity (Wildman–Crippen MR) is 98.7 cm³/mol. The molecule has 0 aliphatic heterocycles. The van der Waals surface area contributed by atoms with Gasteiger partial charge >= 0.3 is 5.69 Å². The summed E-state index contributed by atoms with van der Waals surface area (Å²) in [5.74, 6) is 1.27. The van der Waals surface area contributed by atoms with Gasteiger partial charge in [-0.05, 0) is 74.9 Å². The number of halogens is 1. The lowest BCUT2D eigenvalue weighted by Gasteiger charge is -2.15. The standard InChI is InChI=1S/C18H17BrN4O3/c1-22-18(25)23(21-20-22)16-4-2-3-13(11-5-6-11)14(16)10-26-17-8-7-12(24)9-15(17)19/h2-4,7-9,11,24H,5-6,10H2,1H3. The van der Waals surface area contributed by atoms with Crippen molar-refractivity contribution in [2.45, 2.75) is 25.4 Å². The van der Waals surface area contributed by atoms with Gasteiger partial charge < -0.3 is 9.84 Å². The van der Waals surface area contributed by atoms with Gasteiger partial charge in [0.25, 0.3) is 0 Å². The van der Waals surface area contributed by atoms with E-state index in [9.17, 15) is 9.90 Å². The van der Waals surface area contributed by atoms with E-state index in [0.29, 0.717) is 21.8 Å². The lowest BCUT2D eigenvalue weighted by molar-refractivity contribution is 0.301. The molecule has 1 aliphatic rings. The van der Waals surface area contributed by atoms with Crippen LogP contribution in [-0.4, -0.2) is 24.9 Å². The fraction of sp³-hybridized carbons (Fsp3) is 0.278. The fourth-order valence-electron chi connectivity index (χ4n) is 2.95. The smallest absolute Gasteiger partial charge is 0.368 e. The van der Waals surface area contributed by atoms with Crippen LogP contribution in [0.25, 0.3) is 5.69 Å². The average Bonchev–Trinajstić information content (AvgIpc) is 3.41. The second-order valence-electron chi connectivity index (χ2n) is 6.32. The van der Waals surface area contributed by atoms with Crippen LogP contribution in [0.3, 0.4) is 0 Å². The van der Waals surface area contributed by atoms with E-state index < -0.39 is 0 Å². The summed E-state index contributed by atoms with van der Waals surface area (Å²) in [5.41, 5.74) is 2.49. The van der Waals surface area contributed by atoms with Crippen LogP contribution in [0.5, 0.6) is 11.5 Å². The highest BCUT2D eigenvalue weighted by Gasteiger charge is 2.28. The summed E-state index contributed by atoms with van der Waals surface area (Å²) < 4.78 is 9.14. The van der Waals surface area contributed by atoms with Gasteiger partial charge in [0.15, 0.2) is 0 Å². The predicted octanol–water partition coefficient (Wildman–Crippen LogP) is 2.89. The molecule has 1 N–H and O–H groups in total. The molecule has 134 valence electrons. The Kier molecular flexibility index (Phi) is 4.28. The number of aromatic nitrogens is 4. The number of rotatable bonds is 5. The van der Waals surface area contributed by atoms with Crippen LogP contribution in [-0.2, 0) is 13.7 Å². The largest absolute Gasteiger partial charge is 0.508 e. The Balaban J connectivity index is 1.73. The second kappa shape index (κ2) is 6.60. The van der Waals surface area contributed by atoms with Gasteiger partial charge in [0.2, 0.25) is 0 Å². The average molecular weight is 417 g/mol. The number of tetrazole rings is 1. The molecule has 1 fully saturated rings. The molecule has 4 rings (SSSR count). The molecule has 26 heavy (non-hydrogen) atoms. The van der Waals surface area contributed by atoms with E-state index in [4.69, 9.17) is 4.74 Å². The molecular formula is C18H17BrN4O3. The third-order valence-corrected chi connectivity index (χ3v) is 5.06. The Morgan fingerprint density at radius 2 is 2.08 bits per heavy atom. The van der Waals surface area contributed by atoms with Crippen LogP contribution in [0.15, 0.2) is 45.7 Å². The number of ether oxygens (including phenoxy) is 1. The first-order valence-electron chi connectivity index (χ1n) is 8.27. The minimum absolute atomic E-state index is 0.161. The second-order valence-corrected chi connectivity index (χ2v) is 7.17. The molecule has 0 spiro atoms. The molecule has 0 atom stereocenters. The van der Waals surface area contributed by atoms with E-state index in [1.165, 1.54) is 14.9 Å². The SMILES string of the molecule is Cn1nnn(-c2cccc(C3CC3)c2COc2ccc(O)cc2Br)c1=O. The first-order valence-corrected chi connectivity index (χ1v) is 9.06. The Bertz CT molecular complexity index is 1020. The third-order valence-electron chi connectivity index (χ3n) is 4.44. The summed E-state index contributed by atoms with van der Waals surface area (Å²) in [6, 6.07) is 10.7. The molecule has 1 saturated carbocycles. The van der Waals surface area contributed by atoms with Crippen molar-refractivity contribution >= 4 is 15.9 Å². The lowest BCUT2D eigenvalue weighted by atomic mass is 10.0. The molecule has 0 radical (unpaired) electrons. The van der Waals surface area contributed by atoms with E-state index in [0.717, 1.165) is 18.4 Å². The van der Waals surface area contributed by atoms with Crippen molar-refractivity contribution in [3.8, 4) is 17.2 Å². The van der Waals surface area contributed by atoms with Crippen molar-refractivity contribution in [1.82, 2.24) is 19.8 Å². The van der Waals surface area contributed by atoms with Crippen molar-refractivity contribution in [2.24, 2.45) is 7.05 Å². The number of aryl methyl sites for hydroxylation is 1. The van der Waals surface area contributed by atoms with Crippen molar-refractivity contribution in [3.63, 3.8) is 0 Å². The van der Waals surface area contributed by atoms with Crippen molar-refractivity contribution < 1.29 is 9.84 Å². The summed E-state index contributed by atoms with van der Waals surface area (Å²) in [4.78, 5) is 12.3. The number of hydrogen-bond acceptors (Lipinski definition) is 5. The Labute approximate surface area is 157 Å². The first kappa shape index (κ1) is 16.8. The zero-order valence-corrected chi connectivity index (χ0v) is 15.7. The quantitative estimate of drug-likeness (QED) is 0.691. The molecule has 0 unspecified atom stereocenters. The molecule has 0 amide bonds. The molecule has 7 nitrogen and oxygen atoms in total. The number of nitrogens with zero attached hydrogens (tertiary/aromatic N) is 4. The van der Waals surface area contributed by atoms with E-state index in [1.54, 1.807) is 25.2 Å². The van der Waals surface area contributed by atoms with E-state index in [1.807, 2.05) is 12.1 Å². The number of hydrogen-bond donors (Lipinski definition) is 1. The van der Waals surface area contributed by atoms with Crippen LogP contribution in [0, 0.1) is 0 Å². The maximum Gasteiger partial charge on any atom is 0.368 e. The fourth-order valence-corrected chi connectivity index (χ4v) is 3.43. The Hall–Kier alpha value is -2.61. The number of aromatic hydroxyl groups is 1. The van der Waals surface area contributed by atoms with Crippen LogP contribution in [0.4, 0.5) is 0 Å². The molecule has 8 heteroatoms. The van der Waals surface area contributed by atoms with Gasteiger partial charge in [-0.2, -0.15) is 9.36 Å². The zero-order chi connectivity index (χ0) is 18.3. The van der Waals surface area contributed by atoms with Crippen molar-refractivity contribution in [1.29, 1.82) is 0 Å². The molecule has 2 aromatic carbocycles. The monoisotopic (exact) mass is 416 g/mol. The minimum Gasteiger partial charge on any atom is -0.508 e. The van der Waals surface area contributed by atoms with Crippen LogP contribution in [0.2, 0.25) is 0 Å². The lowest BCUT2D eigenvalue weighted by Crippen LogP contribution is -2.23. The highest BCUT2D eigenvalue weighted by molar-refractivity contribution is 9.10. The van der Waals surface area contributed by atoms with Gasteiger partial charge in [-0.1, -0.05) is 12.1 Å². The topological polar surface area (TPSA) is 82.2 Å². The van der Waals surface area contributed by atoms with Gasteiger partial charge in [0, 0.05) is 12.6 Å². The first-order chi connectivity index (χ1) is 12.5. The Morgan fingerprint density at radius 1 is 1.27 bits per heavy atom. The maximum atomic E-state index is 12.3. The summed E-state index contributed by atoms with van der Waals surface area (Å²) in [6.07, 6.45) is 2.27. The highest BCUT2D eigenvalue weighted by atomic mass is 79.9. The summed E-state index contributed by atoms with van der Waals surface area (Å²) in [7, 11) is 1.57. The van der Waals surface area contributed by atoms with Crippen LogP contribution < -0.4 is 10.4 Å². The summed E-state index contributed by atoms with van der Waals surface area (Å²) in [6.45, 7) is 0.286. The third kappa shape index (κ3) is 3.12. The molecule has 0 bridgehead atoms. The normalized spacial score (nSPS) is 13.8. The van der Waals surface area contributed by atoms with Crippen molar-refractivity contribution in [2.75, 3.05) is 0 Å².